The number of benzene rings is 6. The lowest BCUT2D eigenvalue weighted by Crippen LogP contribution is -2.09. The predicted molar refractivity (Wildman–Crippen MR) is 216 cm³/mol. The smallest absolute Gasteiger partial charge is 0.0462 e. The van der Waals surface area contributed by atoms with Gasteiger partial charge in [0.25, 0.3) is 0 Å². The van der Waals surface area contributed by atoms with Gasteiger partial charge in [-0.25, -0.2) is 0 Å². The van der Waals surface area contributed by atoms with E-state index in [-0.39, 0.29) is 0 Å². The maximum absolute atomic E-state index is 2.32. The third-order valence-corrected chi connectivity index (χ3v) is 9.45. The summed E-state index contributed by atoms with van der Waals surface area (Å²) in [5.74, 6) is 0. The minimum Gasteiger partial charge on any atom is -0.311 e. The molecule has 6 aromatic carbocycles. The molecule has 0 saturated carbocycles. The van der Waals surface area contributed by atoms with Crippen molar-refractivity contribution < 1.29 is 0 Å². The Morgan fingerprint density at radius 3 is 0.735 bits per heavy atom. The van der Waals surface area contributed by atoms with E-state index in [1.165, 1.54) is 66.8 Å². The Balaban J connectivity index is 1.27. The first-order chi connectivity index (χ1) is 23.7. The molecule has 1 heteroatoms. The molecule has 0 heterocycles. The summed E-state index contributed by atoms with van der Waals surface area (Å²) in [6.07, 6.45) is 13.1. The fraction of sp³-hybridized carbons (Fsp3) is 0.125. The van der Waals surface area contributed by atoms with Crippen molar-refractivity contribution in [2.45, 2.75) is 41.5 Å². The summed E-state index contributed by atoms with van der Waals surface area (Å²) in [6, 6.07) is 46.2. The molecule has 0 aliphatic heterocycles. The Kier molecular flexibility index (Phi) is 10.2. The lowest BCUT2D eigenvalue weighted by Gasteiger charge is -2.26. The molecule has 0 bridgehead atoms. The summed E-state index contributed by atoms with van der Waals surface area (Å²) in [7, 11) is 0. The van der Waals surface area contributed by atoms with Crippen LogP contribution in [-0.4, -0.2) is 0 Å². The monoisotopic (exact) mass is 635 g/mol. The molecule has 242 valence electrons. The molecule has 0 aliphatic carbocycles. The van der Waals surface area contributed by atoms with Gasteiger partial charge in [-0.1, -0.05) is 127 Å². The fourth-order valence-corrected chi connectivity index (χ4v) is 5.83. The van der Waals surface area contributed by atoms with Gasteiger partial charge in [0.1, 0.15) is 0 Å². The van der Waals surface area contributed by atoms with E-state index in [1.54, 1.807) is 0 Å². The molecule has 0 spiro atoms. The van der Waals surface area contributed by atoms with E-state index >= 15 is 0 Å². The molecule has 0 aromatic heterocycles. The second kappa shape index (κ2) is 15.0. The largest absolute Gasteiger partial charge is 0.311 e. The van der Waals surface area contributed by atoms with Gasteiger partial charge in [0, 0.05) is 17.1 Å². The molecule has 0 radical (unpaired) electrons. The van der Waals surface area contributed by atoms with Crippen LogP contribution in [0.3, 0.4) is 0 Å². The van der Waals surface area contributed by atoms with Crippen LogP contribution in [0.1, 0.15) is 66.8 Å². The van der Waals surface area contributed by atoms with Gasteiger partial charge in [-0.3, -0.25) is 0 Å². The van der Waals surface area contributed by atoms with Crippen LogP contribution in [0.15, 0.2) is 127 Å². The zero-order chi connectivity index (χ0) is 34.3. The van der Waals surface area contributed by atoms with Crippen LogP contribution in [0, 0.1) is 41.5 Å². The summed E-state index contributed by atoms with van der Waals surface area (Å²) in [5, 5.41) is 0. The molecular weight excluding hydrogens is 591 g/mol. The highest BCUT2D eigenvalue weighted by molar-refractivity contribution is 5.80. The second-order valence-corrected chi connectivity index (χ2v) is 13.1. The van der Waals surface area contributed by atoms with Crippen LogP contribution in [0.4, 0.5) is 17.1 Å². The summed E-state index contributed by atoms with van der Waals surface area (Å²) >= 11 is 0. The topological polar surface area (TPSA) is 3.24 Å². The van der Waals surface area contributed by atoms with E-state index in [0.29, 0.717) is 0 Å². The third kappa shape index (κ3) is 8.44. The highest BCUT2D eigenvalue weighted by Gasteiger charge is 2.12. The summed E-state index contributed by atoms with van der Waals surface area (Å²) < 4.78 is 0. The number of anilines is 3. The standard InChI is InChI=1S/C48H45N/c1-34-7-10-43(31-37(34)4)16-13-40-19-25-46(26-20-40)49(47-27-21-41(22-28-47)14-17-44-11-8-35(2)38(5)32-44)48-29-23-42(24-30-48)15-18-45-12-9-36(3)39(6)33-45/h7-33H,1-6H3/b16-13+,17-14+,18-15+. The van der Waals surface area contributed by atoms with Crippen molar-refractivity contribution >= 4 is 53.5 Å². The first kappa shape index (κ1) is 33.2. The van der Waals surface area contributed by atoms with E-state index in [9.17, 15) is 0 Å². The van der Waals surface area contributed by atoms with Gasteiger partial charge < -0.3 is 4.90 Å². The van der Waals surface area contributed by atoms with Crippen LogP contribution in [-0.2, 0) is 0 Å². The van der Waals surface area contributed by atoms with Crippen molar-refractivity contribution in [1.82, 2.24) is 0 Å². The lowest BCUT2D eigenvalue weighted by atomic mass is 10.0. The van der Waals surface area contributed by atoms with Gasteiger partial charge in [0.05, 0.1) is 0 Å². The molecule has 6 rings (SSSR count). The summed E-state index contributed by atoms with van der Waals surface area (Å²) in [5.41, 5.74) is 18.4. The van der Waals surface area contributed by atoms with Crippen LogP contribution in [0.2, 0.25) is 0 Å². The van der Waals surface area contributed by atoms with E-state index in [1.807, 2.05) is 0 Å². The van der Waals surface area contributed by atoms with E-state index in [2.05, 4.69) is 210 Å². The fourth-order valence-electron chi connectivity index (χ4n) is 5.83. The Labute approximate surface area is 293 Å². The number of aryl methyl sites for hydroxylation is 6. The molecule has 0 N–H and O–H groups in total. The number of nitrogens with zero attached hydrogens (tertiary/aromatic N) is 1. The maximum atomic E-state index is 2.32. The normalized spacial score (nSPS) is 11.6. The van der Waals surface area contributed by atoms with Crippen molar-refractivity contribution in [3.8, 4) is 0 Å². The Morgan fingerprint density at radius 1 is 0.265 bits per heavy atom. The zero-order valence-corrected chi connectivity index (χ0v) is 29.5. The van der Waals surface area contributed by atoms with E-state index in [4.69, 9.17) is 0 Å². The minimum absolute atomic E-state index is 1.11. The van der Waals surface area contributed by atoms with Gasteiger partial charge in [-0.15, -0.1) is 0 Å². The molecular formula is C48H45N. The number of hydrogen-bond donors (Lipinski definition) is 0. The molecule has 6 aromatic rings. The quantitative estimate of drug-likeness (QED) is 0.143. The van der Waals surface area contributed by atoms with Gasteiger partial charge in [0.2, 0.25) is 0 Å². The lowest BCUT2D eigenvalue weighted by molar-refractivity contribution is 1.28. The molecule has 0 amide bonds. The van der Waals surface area contributed by atoms with E-state index < -0.39 is 0 Å². The third-order valence-electron chi connectivity index (χ3n) is 9.45. The minimum atomic E-state index is 1.11. The molecule has 0 saturated heterocycles. The second-order valence-electron chi connectivity index (χ2n) is 13.1. The van der Waals surface area contributed by atoms with Gasteiger partial charge in [-0.05, 0) is 145 Å². The van der Waals surface area contributed by atoms with Crippen LogP contribution < -0.4 is 4.90 Å². The Bertz CT molecular complexity index is 1890. The molecule has 0 unspecified atom stereocenters. The number of rotatable bonds is 9. The maximum Gasteiger partial charge on any atom is 0.0462 e. The highest BCUT2D eigenvalue weighted by atomic mass is 15.1. The van der Waals surface area contributed by atoms with E-state index in [0.717, 1.165) is 17.1 Å². The van der Waals surface area contributed by atoms with Gasteiger partial charge in [0.15, 0.2) is 0 Å². The number of hydrogen-bond acceptors (Lipinski definition) is 1. The van der Waals surface area contributed by atoms with Crippen molar-refractivity contribution in [3.63, 3.8) is 0 Å². The average Bonchev–Trinajstić information content (AvgIpc) is 3.11. The van der Waals surface area contributed by atoms with Crippen LogP contribution in [0.25, 0.3) is 36.5 Å². The van der Waals surface area contributed by atoms with Crippen LogP contribution >= 0.6 is 0 Å². The van der Waals surface area contributed by atoms with Gasteiger partial charge in [-0.2, -0.15) is 0 Å². The molecule has 49 heavy (non-hydrogen) atoms. The molecule has 0 atom stereocenters. The summed E-state index contributed by atoms with van der Waals surface area (Å²) in [6.45, 7) is 13.0. The van der Waals surface area contributed by atoms with Gasteiger partial charge >= 0.3 is 0 Å². The Morgan fingerprint density at radius 2 is 0.490 bits per heavy atom. The molecule has 0 fully saturated rings. The average molecular weight is 636 g/mol. The molecule has 1 nitrogen and oxygen atoms in total. The molecule has 0 aliphatic rings. The first-order valence-corrected chi connectivity index (χ1v) is 17.1. The summed E-state index contributed by atoms with van der Waals surface area (Å²) in [4.78, 5) is 2.32. The SMILES string of the molecule is Cc1ccc(/C=C/c2ccc(N(c3ccc(/C=C/c4ccc(C)c(C)c4)cc3)c3ccc(/C=C/c4ccc(C)c(C)c4)cc3)cc2)cc1C. The van der Waals surface area contributed by atoms with Crippen molar-refractivity contribution in [2.24, 2.45) is 0 Å². The zero-order valence-electron chi connectivity index (χ0n) is 29.5. The Hall–Kier alpha value is -5.66. The highest BCUT2D eigenvalue weighted by Crippen LogP contribution is 2.35. The predicted octanol–water partition coefficient (Wildman–Crippen LogP) is 13.5. The van der Waals surface area contributed by atoms with Crippen molar-refractivity contribution in [1.29, 1.82) is 0 Å². The van der Waals surface area contributed by atoms with Crippen LogP contribution in [0.5, 0.6) is 0 Å². The first-order valence-electron chi connectivity index (χ1n) is 17.1. The van der Waals surface area contributed by atoms with Crippen molar-refractivity contribution in [3.05, 3.63) is 194 Å². The van der Waals surface area contributed by atoms with Crippen molar-refractivity contribution in [2.75, 3.05) is 4.90 Å².